The lowest BCUT2D eigenvalue weighted by Gasteiger charge is -2.09. The normalized spacial score (nSPS) is 10.2. The summed E-state index contributed by atoms with van der Waals surface area (Å²) in [6.45, 7) is 0.205. The first-order valence-corrected chi connectivity index (χ1v) is 6.28. The molecule has 0 radical (unpaired) electrons. The zero-order valence-corrected chi connectivity index (χ0v) is 11.5. The van der Waals surface area contributed by atoms with Crippen LogP contribution < -0.4 is 10.5 Å². The highest BCUT2D eigenvalue weighted by molar-refractivity contribution is 9.10. The first-order valence-electron chi connectivity index (χ1n) is 5.48. The molecule has 98 valence electrons. The van der Waals surface area contributed by atoms with Crippen LogP contribution in [0, 0.1) is 10.1 Å². The summed E-state index contributed by atoms with van der Waals surface area (Å²) < 4.78 is 5.99. The molecule has 0 unspecified atom stereocenters. The van der Waals surface area contributed by atoms with Crippen LogP contribution in [0.3, 0.4) is 0 Å². The van der Waals surface area contributed by atoms with E-state index < -0.39 is 4.92 Å². The van der Waals surface area contributed by atoms with E-state index in [4.69, 9.17) is 10.5 Å². The van der Waals surface area contributed by atoms with Gasteiger partial charge < -0.3 is 10.5 Å². The minimum Gasteiger partial charge on any atom is -0.487 e. The molecule has 0 fully saturated rings. The van der Waals surface area contributed by atoms with Crippen molar-refractivity contribution in [3.05, 3.63) is 62.6 Å². The van der Waals surface area contributed by atoms with E-state index in [1.165, 1.54) is 6.07 Å². The maximum absolute atomic E-state index is 10.8. The van der Waals surface area contributed by atoms with Crippen LogP contribution in [-0.4, -0.2) is 4.92 Å². The summed E-state index contributed by atoms with van der Waals surface area (Å²) >= 11 is 3.22. The van der Waals surface area contributed by atoms with Crippen molar-refractivity contribution in [3.8, 4) is 5.75 Å². The Balaban J connectivity index is 2.19. The molecule has 0 aromatic heterocycles. The highest BCUT2D eigenvalue weighted by atomic mass is 79.9. The molecule has 2 rings (SSSR count). The van der Waals surface area contributed by atoms with E-state index in [0.29, 0.717) is 21.5 Å². The molecule has 5 nitrogen and oxygen atoms in total. The average molecular weight is 323 g/mol. The van der Waals surface area contributed by atoms with Gasteiger partial charge in [-0.3, -0.25) is 10.1 Å². The molecule has 0 aliphatic rings. The van der Waals surface area contributed by atoms with Crippen molar-refractivity contribution >= 4 is 27.3 Å². The van der Waals surface area contributed by atoms with E-state index in [1.54, 1.807) is 24.3 Å². The zero-order chi connectivity index (χ0) is 13.8. The summed E-state index contributed by atoms with van der Waals surface area (Å²) in [5.74, 6) is 0.556. The summed E-state index contributed by atoms with van der Waals surface area (Å²) in [7, 11) is 0. The molecule has 2 aromatic carbocycles. The van der Waals surface area contributed by atoms with E-state index in [0.717, 1.165) is 0 Å². The minimum absolute atomic E-state index is 0.0159. The van der Waals surface area contributed by atoms with Crippen molar-refractivity contribution in [1.29, 1.82) is 0 Å². The number of halogens is 1. The Hall–Kier alpha value is -2.08. The van der Waals surface area contributed by atoms with Gasteiger partial charge in [-0.1, -0.05) is 24.3 Å². The van der Waals surface area contributed by atoms with E-state index in [-0.39, 0.29) is 12.3 Å². The molecule has 0 spiro atoms. The molecule has 0 atom stereocenters. The van der Waals surface area contributed by atoms with Crippen LogP contribution in [0.2, 0.25) is 0 Å². The van der Waals surface area contributed by atoms with Crippen molar-refractivity contribution in [2.45, 2.75) is 6.61 Å². The number of nitrogens with zero attached hydrogens (tertiary/aromatic N) is 1. The first kappa shape index (κ1) is 13.4. The van der Waals surface area contributed by atoms with Crippen LogP contribution in [0.4, 0.5) is 11.4 Å². The largest absolute Gasteiger partial charge is 0.487 e. The Bertz CT molecular complexity index is 617. The van der Waals surface area contributed by atoms with Crippen LogP contribution in [0.1, 0.15) is 5.56 Å². The Morgan fingerprint density at radius 2 is 1.95 bits per heavy atom. The second-order valence-electron chi connectivity index (χ2n) is 3.83. The molecule has 2 aromatic rings. The maximum Gasteiger partial charge on any atom is 0.283 e. The van der Waals surface area contributed by atoms with E-state index in [2.05, 4.69) is 15.9 Å². The average Bonchev–Trinajstić information content (AvgIpc) is 2.39. The number of nitro groups is 1. The van der Waals surface area contributed by atoms with Crippen LogP contribution in [0.25, 0.3) is 0 Å². The standard InChI is InChI=1S/C13H11BrN2O3/c14-13-9(4-3-6-11(13)16(17)18)8-19-12-7-2-1-5-10(12)15/h1-7H,8,15H2. The van der Waals surface area contributed by atoms with Gasteiger partial charge in [0.05, 0.1) is 10.6 Å². The number of nitrogens with two attached hydrogens (primary N) is 1. The number of hydrogen-bond donors (Lipinski definition) is 1. The predicted molar refractivity (Wildman–Crippen MR) is 76.0 cm³/mol. The molecule has 0 amide bonds. The van der Waals surface area contributed by atoms with Crippen LogP contribution in [0.15, 0.2) is 46.9 Å². The summed E-state index contributed by atoms with van der Waals surface area (Å²) in [5, 5.41) is 10.8. The molecule has 0 saturated carbocycles. The summed E-state index contributed by atoms with van der Waals surface area (Å²) in [4.78, 5) is 10.4. The Labute approximate surface area is 118 Å². The molecule has 0 aliphatic carbocycles. The number of ether oxygens (including phenoxy) is 1. The van der Waals surface area contributed by atoms with Gasteiger partial charge in [0, 0.05) is 11.6 Å². The number of benzene rings is 2. The third-order valence-electron chi connectivity index (χ3n) is 2.56. The zero-order valence-electron chi connectivity index (χ0n) is 9.88. The first-order chi connectivity index (χ1) is 9.09. The van der Waals surface area contributed by atoms with Gasteiger partial charge in [-0.15, -0.1) is 0 Å². The van der Waals surface area contributed by atoms with Crippen LogP contribution in [0.5, 0.6) is 5.75 Å². The van der Waals surface area contributed by atoms with Gasteiger partial charge in [0.1, 0.15) is 16.8 Å². The number of hydrogen-bond acceptors (Lipinski definition) is 4. The summed E-state index contributed by atoms with van der Waals surface area (Å²) in [5.41, 5.74) is 7.00. The Morgan fingerprint density at radius 1 is 1.21 bits per heavy atom. The lowest BCUT2D eigenvalue weighted by molar-refractivity contribution is -0.385. The fourth-order valence-electron chi connectivity index (χ4n) is 1.59. The smallest absolute Gasteiger partial charge is 0.283 e. The van der Waals surface area contributed by atoms with Gasteiger partial charge in [-0.25, -0.2) is 0 Å². The number of nitro benzene ring substituents is 1. The molecule has 6 heteroatoms. The van der Waals surface area contributed by atoms with Crippen LogP contribution >= 0.6 is 15.9 Å². The molecule has 0 saturated heterocycles. The minimum atomic E-state index is -0.440. The summed E-state index contributed by atoms with van der Waals surface area (Å²) in [6.07, 6.45) is 0. The monoisotopic (exact) mass is 322 g/mol. The van der Waals surface area contributed by atoms with Crippen molar-refractivity contribution in [2.75, 3.05) is 5.73 Å². The van der Waals surface area contributed by atoms with Gasteiger partial charge in [0.2, 0.25) is 0 Å². The Morgan fingerprint density at radius 3 is 2.63 bits per heavy atom. The second-order valence-corrected chi connectivity index (χ2v) is 4.63. The third kappa shape index (κ3) is 3.03. The van der Waals surface area contributed by atoms with Gasteiger partial charge in [0.15, 0.2) is 0 Å². The van der Waals surface area contributed by atoms with Gasteiger partial charge in [0.25, 0.3) is 5.69 Å². The molecule has 0 heterocycles. The molecule has 2 N–H and O–H groups in total. The lowest BCUT2D eigenvalue weighted by Crippen LogP contribution is -2.00. The molecule has 0 bridgehead atoms. The SMILES string of the molecule is Nc1ccccc1OCc1cccc([N+](=O)[O-])c1Br. The molecule has 19 heavy (non-hydrogen) atoms. The topological polar surface area (TPSA) is 78.4 Å². The highest BCUT2D eigenvalue weighted by Crippen LogP contribution is 2.29. The predicted octanol–water partition coefficient (Wildman–Crippen LogP) is 3.52. The van der Waals surface area contributed by atoms with E-state index >= 15 is 0 Å². The van der Waals surface area contributed by atoms with Gasteiger partial charge in [-0.05, 0) is 28.1 Å². The number of rotatable bonds is 4. The van der Waals surface area contributed by atoms with Crippen molar-refractivity contribution in [2.24, 2.45) is 0 Å². The molecular weight excluding hydrogens is 312 g/mol. The fourth-order valence-corrected chi connectivity index (χ4v) is 2.11. The Kier molecular flexibility index (Phi) is 4.01. The van der Waals surface area contributed by atoms with Gasteiger partial charge >= 0.3 is 0 Å². The second kappa shape index (κ2) is 5.71. The quantitative estimate of drug-likeness (QED) is 0.530. The number of para-hydroxylation sites is 2. The van der Waals surface area contributed by atoms with Crippen molar-refractivity contribution in [3.63, 3.8) is 0 Å². The maximum atomic E-state index is 10.8. The van der Waals surface area contributed by atoms with E-state index in [1.807, 2.05) is 12.1 Å². The van der Waals surface area contributed by atoms with Crippen molar-refractivity contribution in [1.82, 2.24) is 0 Å². The number of nitrogen functional groups attached to an aromatic ring is 1. The fraction of sp³-hybridized carbons (Fsp3) is 0.0769. The third-order valence-corrected chi connectivity index (χ3v) is 3.47. The van der Waals surface area contributed by atoms with Crippen molar-refractivity contribution < 1.29 is 9.66 Å². The highest BCUT2D eigenvalue weighted by Gasteiger charge is 2.15. The van der Waals surface area contributed by atoms with Crippen LogP contribution in [-0.2, 0) is 6.61 Å². The lowest BCUT2D eigenvalue weighted by atomic mass is 10.2. The van der Waals surface area contributed by atoms with Gasteiger partial charge in [-0.2, -0.15) is 0 Å². The molecule has 0 aliphatic heterocycles. The summed E-state index contributed by atoms with van der Waals surface area (Å²) in [6, 6.07) is 11.9. The number of anilines is 1. The molecular formula is C13H11BrN2O3. The van der Waals surface area contributed by atoms with E-state index in [9.17, 15) is 10.1 Å².